The second-order valence-corrected chi connectivity index (χ2v) is 10.9. The molecule has 0 aliphatic carbocycles. The van der Waals surface area contributed by atoms with Gasteiger partial charge in [-0.1, -0.05) is 24.3 Å². The van der Waals surface area contributed by atoms with Gasteiger partial charge >= 0.3 is 6.18 Å². The maximum Gasteiger partial charge on any atom is 0.402 e. The summed E-state index contributed by atoms with van der Waals surface area (Å²) in [5, 5.41) is 7.96. The topological polar surface area (TPSA) is 101 Å². The lowest BCUT2D eigenvalue weighted by Crippen LogP contribution is -2.38. The molecule has 0 spiro atoms. The lowest BCUT2D eigenvalue weighted by atomic mass is 10.0. The van der Waals surface area contributed by atoms with Gasteiger partial charge in [0.15, 0.2) is 0 Å². The molecule has 3 N–H and O–H groups in total. The van der Waals surface area contributed by atoms with Crippen molar-refractivity contribution >= 4 is 44.7 Å². The summed E-state index contributed by atoms with van der Waals surface area (Å²) in [5.74, 6) is -0.0675. The van der Waals surface area contributed by atoms with Crippen LogP contribution in [0, 0.1) is 6.92 Å². The number of piperidine rings is 1. The van der Waals surface area contributed by atoms with Gasteiger partial charge in [0.2, 0.25) is 11.8 Å². The number of hydrogen-bond acceptors (Lipinski definition) is 8. The highest BCUT2D eigenvalue weighted by atomic mass is 32.2. The fraction of sp³-hybridized carbons (Fsp3) is 0.320. The second kappa shape index (κ2) is 11.2. The molecule has 13 heteroatoms. The van der Waals surface area contributed by atoms with E-state index in [0.29, 0.717) is 50.2 Å². The first kappa shape index (κ1) is 26.3. The molecule has 3 heterocycles. The number of nitrogens with zero attached hydrogens (tertiary/aromatic N) is 3. The first-order valence-corrected chi connectivity index (χ1v) is 14.1. The Bertz CT molecular complexity index is 1460. The van der Waals surface area contributed by atoms with Crippen LogP contribution in [0.3, 0.4) is 0 Å². The third kappa shape index (κ3) is 6.22. The summed E-state index contributed by atoms with van der Waals surface area (Å²) in [6.07, 6.45) is -0.733. The summed E-state index contributed by atoms with van der Waals surface area (Å²) in [4.78, 5) is 14.2. The van der Waals surface area contributed by atoms with Gasteiger partial charge in [0.25, 0.3) is 0 Å². The smallest absolute Gasteiger partial charge is 0.402 e. The average molecular weight is 563 g/mol. The molecule has 0 amide bonds. The molecule has 1 fully saturated rings. The lowest BCUT2D eigenvalue weighted by molar-refractivity contribution is -0.105. The highest BCUT2D eigenvalue weighted by Crippen LogP contribution is 2.41. The number of rotatable bonds is 8. The number of nitrogens with one attached hydrogen (secondary N) is 3. The van der Waals surface area contributed by atoms with Crippen LogP contribution in [0.4, 0.5) is 24.8 Å². The molecular weight excluding hydrogens is 537 g/mol. The van der Waals surface area contributed by atoms with Gasteiger partial charge in [0.05, 0.1) is 16.9 Å². The summed E-state index contributed by atoms with van der Waals surface area (Å²) in [7, 11) is -2.33. The van der Waals surface area contributed by atoms with Crippen molar-refractivity contribution in [3.8, 4) is 22.2 Å². The zero-order valence-corrected chi connectivity index (χ0v) is 22.0. The molecule has 4 aromatic rings. The predicted molar refractivity (Wildman–Crippen MR) is 144 cm³/mol. The number of benzene rings is 2. The fourth-order valence-electron chi connectivity index (χ4n) is 4.30. The van der Waals surface area contributed by atoms with Gasteiger partial charge in [-0.05, 0) is 44.0 Å². The van der Waals surface area contributed by atoms with Gasteiger partial charge in [-0.3, -0.25) is 0 Å². The van der Waals surface area contributed by atoms with E-state index >= 15 is 0 Å². The minimum absolute atomic E-state index is 0.253. The van der Waals surface area contributed by atoms with Gasteiger partial charge in [0, 0.05) is 29.6 Å². The van der Waals surface area contributed by atoms with Crippen molar-refractivity contribution < 1.29 is 22.1 Å². The average Bonchev–Trinajstić information content (AvgIpc) is 3.34. The molecule has 38 heavy (non-hydrogen) atoms. The summed E-state index contributed by atoms with van der Waals surface area (Å²) in [6.45, 7) is 3.64. The standard InChI is InChI=1S/C25H25F3N6O2S2/c1-15-11-20(34-38(35)13-25(26,27)28)17-6-2-3-7-18(17)21(15)36-23-22(37-14-31-23)19-8-10-30-24(33-19)32-16-5-4-9-29-12-16/h2-3,6-8,10-11,14,16,29,34H,4-5,9,12-13H2,1H3,(H,30,32,33). The van der Waals surface area contributed by atoms with Crippen LogP contribution >= 0.6 is 11.3 Å². The van der Waals surface area contributed by atoms with Crippen molar-refractivity contribution in [1.29, 1.82) is 0 Å². The Balaban J connectivity index is 1.43. The van der Waals surface area contributed by atoms with Crippen LogP contribution in [0.15, 0.2) is 48.1 Å². The predicted octanol–water partition coefficient (Wildman–Crippen LogP) is 5.66. The van der Waals surface area contributed by atoms with Crippen molar-refractivity contribution in [2.24, 2.45) is 0 Å². The van der Waals surface area contributed by atoms with Gasteiger partial charge in [0.1, 0.15) is 27.4 Å². The molecule has 2 unspecified atom stereocenters. The number of halogens is 3. The molecule has 5 rings (SSSR count). The summed E-state index contributed by atoms with van der Waals surface area (Å²) in [6, 6.07) is 10.8. The number of thiazole rings is 1. The van der Waals surface area contributed by atoms with Crippen molar-refractivity contribution in [1.82, 2.24) is 20.3 Å². The van der Waals surface area contributed by atoms with E-state index in [2.05, 4.69) is 30.3 Å². The molecule has 1 aliphatic rings. The summed E-state index contributed by atoms with van der Waals surface area (Å²) < 4.78 is 59.1. The van der Waals surface area contributed by atoms with E-state index in [1.165, 1.54) is 11.3 Å². The SMILES string of the molecule is Cc1cc(NS(=O)CC(F)(F)F)c2ccccc2c1Oc1ncsc1-c1ccnc(NC2CCCNC2)n1. The number of fused-ring (bicyclic) bond motifs is 1. The third-order valence-corrected chi connectivity index (χ3v) is 7.82. The Morgan fingerprint density at radius 3 is 2.79 bits per heavy atom. The number of alkyl halides is 3. The van der Waals surface area contributed by atoms with Crippen LogP contribution in [0.25, 0.3) is 21.3 Å². The largest absolute Gasteiger partial charge is 0.437 e. The van der Waals surface area contributed by atoms with Crippen LogP contribution in [0.2, 0.25) is 0 Å². The molecule has 1 saturated heterocycles. The van der Waals surface area contributed by atoms with Gasteiger partial charge < -0.3 is 20.1 Å². The first-order chi connectivity index (χ1) is 18.3. The Morgan fingerprint density at radius 2 is 2.03 bits per heavy atom. The van der Waals surface area contributed by atoms with Crippen LogP contribution in [-0.4, -0.2) is 50.2 Å². The van der Waals surface area contributed by atoms with Crippen molar-refractivity contribution in [3.05, 3.63) is 53.7 Å². The molecule has 2 atom stereocenters. The van der Waals surface area contributed by atoms with E-state index in [1.54, 1.807) is 55.0 Å². The van der Waals surface area contributed by atoms with Gasteiger partial charge in [-0.15, -0.1) is 11.3 Å². The fourth-order valence-corrected chi connectivity index (χ4v) is 5.77. The molecule has 2 aromatic carbocycles. The molecule has 0 bridgehead atoms. The monoisotopic (exact) mass is 562 g/mol. The summed E-state index contributed by atoms with van der Waals surface area (Å²) >= 11 is 1.38. The van der Waals surface area contributed by atoms with E-state index in [0.717, 1.165) is 25.9 Å². The van der Waals surface area contributed by atoms with Crippen molar-refractivity contribution in [3.63, 3.8) is 0 Å². The van der Waals surface area contributed by atoms with Crippen LogP contribution in [0.5, 0.6) is 11.6 Å². The first-order valence-electron chi connectivity index (χ1n) is 11.9. The quantitative estimate of drug-likeness (QED) is 0.255. The third-order valence-electron chi connectivity index (χ3n) is 5.95. The van der Waals surface area contributed by atoms with E-state index in [1.807, 2.05) is 0 Å². The molecule has 2 aromatic heterocycles. The van der Waals surface area contributed by atoms with E-state index in [9.17, 15) is 17.4 Å². The molecule has 8 nitrogen and oxygen atoms in total. The van der Waals surface area contributed by atoms with Crippen LogP contribution < -0.4 is 20.1 Å². The molecule has 1 aliphatic heterocycles. The van der Waals surface area contributed by atoms with E-state index < -0.39 is 22.9 Å². The second-order valence-electron chi connectivity index (χ2n) is 8.86. The Kier molecular flexibility index (Phi) is 7.77. The molecular formula is C25H25F3N6O2S2. The van der Waals surface area contributed by atoms with Crippen molar-refractivity contribution in [2.45, 2.75) is 32.0 Å². The van der Waals surface area contributed by atoms with Crippen LogP contribution in [-0.2, 0) is 11.0 Å². The van der Waals surface area contributed by atoms with E-state index in [4.69, 9.17) is 4.74 Å². The van der Waals surface area contributed by atoms with Crippen LogP contribution in [0.1, 0.15) is 18.4 Å². The number of ether oxygens (including phenoxy) is 1. The maximum absolute atomic E-state index is 12.7. The Labute approximate surface area is 223 Å². The molecule has 200 valence electrons. The van der Waals surface area contributed by atoms with Gasteiger partial charge in [-0.25, -0.2) is 19.2 Å². The minimum Gasteiger partial charge on any atom is -0.437 e. The number of hydrogen-bond donors (Lipinski definition) is 3. The van der Waals surface area contributed by atoms with Gasteiger partial charge in [-0.2, -0.15) is 13.2 Å². The minimum atomic E-state index is -4.55. The molecule has 0 saturated carbocycles. The van der Waals surface area contributed by atoms with E-state index in [-0.39, 0.29) is 6.04 Å². The number of aromatic nitrogens is 3. The zero-order chi connectivity index (χ0) is 26.7. The Hall–Kier alpha value is -3.29. The number of anilines is 2. The maximum atomic E-state index is 12.7. The summed E-state index contributed by atoms with van der Waals surface area (Å²) in [5.41, 5.74) is 3.30. The number of aryl methyl sites for hydroxylation is 1. The lowest BCUT2D eigenvalue weighted by Gasteiger charge is -2.23. The highest BCUT2D eigenvalue weighted by molar-refractivity contribution is 7.86. The normalized spacial score (nSPS) is 16.8. The Morgan fingerprint density at radius 1 is 1.21 bits per heavy atom. The zero-order valence-electron chi connectivity index (χ0n) is 20.3. The van der Waals surface area contributed by atoms with Crippen molar-refractivity contribution in [2.75, 3.05) is 28.9 Å². The molecule has 0 radical (unpaired) electrons. The highest BCUT2D eigenvalue weighted by Gasteiger charge is 2.31.